The van der Waals surface area contributed by atoms with Gasteiger partial charge < -0.3 is 15.3 Å². The highest BCUT2D eigenvalue weighted by Gasteiger charge is 2.10. The number of hydrogen-bond donors (Lipinski definition) is 3. The van der Waals surface area contributed by atoms with E-state index in [1.165, 1.54) is 12.3 Å². The molecule has 0 saturated heterocycles. The number of carboxylic acid groups (broad SMARTS) is 2. The topological polar surface area (TPSA) is 110 Å². The minimum absolute atomic E-state index is 0.0214. The van der Waals surface area contributed by atoms with Gasteiger partial charge in [0.2, 0.25) is 0 Å². The molecule has 0 aromatic heterocycles. The normalized spacial score (nSPS) is 10.4. The highest BCUT2D eigenvalue weighted by Crippen LogP contribution is 2.12. The van der Waals surface area contributed by atoms with E-state index in [2.05, 4.69) is 5.10 Å². The number of hydrazone groups is 1. The monoisotopic (exact) mass is 252 g/mol. The van der Waals surface area contributed by atoms with E-state index in [1.807, 2.05) is 0 Å². The Kier molecular flexibility index (Phi) is 4.67. The summed E-state index contributed by atoms with van der Waals surface area (Å²) in [5.41, 5.74) is 0.373. The maximum Gasteiger partial charge on any atom is 0.324 e. The molecule has 18 heavy (non-hydrogen) atoms. The zero-order valence-corrected chi connectivity index (χ0v) is 9.35. The molecule has 96 valence electrons. The molecule has 0 fully saturated rings. The van der Waals surface area contributed by atoms with Gasteiger partial charge in [0.25, 0.3) is 0 Å². The predicted molar refractivity (Wildman–Crippen MR) is 62.5 cm³/mol. The van der Waals surface area contributed by atoms with Crippen molar-refractivity contribution < 1.29 is 24.9 Å². The molecule has 0 radical (unpaired) electrons. The average molecular weight is 252 g/mol. The van der Waals surface area contributed by atoms with Gasteiger partial charge in [-0.05, 0) is 12.1 Å². The molecule has 7 nitrogen and oxygen atoms in total. The van der Waals surface area contributed by atoms with Gasteiger partial charge in [0.15, 0.2) is 0 Å². The lowest BCUT2D eigenvalue weighted by atomic mass is 10.2. The number of phenols is 1. The van der Waals surface area contributed by atoms with E-state index in [0.29, 0.717) is 5.56 Å². The third kappa shape index (κ3) is 4.52. The van der Waals surface area contributed by atoms with Crippen molar-refractivity contribution in [1.82, 2.24) is 5.01 Å². The van der Waals surface area contributed by atoms with Gasteiger partial charge in [-0.2, -0.15) is 5.10 Å². The second kappa shape index (κ2) is 6.24. The fraction of sp³-hybridized carbons (Fsp3) is 0.182. The summed E-state index contributed by atoms with van der Waals surface area (Å²) < 4.78 is 0. The Labute approximate surface area is 103 Å². The molecule has 1 rings (SSSR count). The first-order valence-corrected chi connectivity index (χ1v) is 4.99. The fourth-order valence-corrected chi connectivity index (χ4v) is 1.19. The van der Waals surface area contributed by atoms with Gasteiger partial charge in [0, 0.05) is 5.56 Å². The van der Waals surface area contributed by atoms with Crippen molar-refractivity contribution in [2.45, 2.75) is 0 Å². The summed E-state index contributed by atoms with van der Waals surface area (Å²) in [4.78, 5) is 21.0. The first kappa shape index (κ1) is 13.5. The number of rotatable bonds is 6. The third-order valence-electron chi connectivity index (χ3n) is 1.93. The van der Waals surface area contributed by atoms with Crippen molar-refractivity contribution in [2.75, 3.05) is 13.1 Å². The molecule has 0 atom stereocenters. The average Bonchev–Trinajstić information content (AvgIpc) is 2.26. The molecular formula is C11H12N2O5. The Balaban J connectivity index is 2.79. The second-order valence-electron chi connectivity index (χ2n) is 3.41. The summed E-state index contributed by atoms with van der Waals surface area (Å²) >= 11 is 0. The van der Waals surface area contributed by atoms with E-state index in [1.54, 1.807) is 18.2 Å². The summed E-state index contributed by atoms with van der Waals surface area (Å²) in [6.45, 7) is -1.06. The predicted octanol–water partition coefficient (Wildman–Crippen LogP) is 0.197. The van der Waals surface area contributed by atoms with Gasteiger partial charge in [0.05, 0.1) is 6.21 Å². The molecule has 0 aliphatic rings. The number of aromatic hydroxyl groups is 1. The second-order valence-corrected chi connectivity index (χ2v) is 3.41. The number of carbonyl (C=O) groups is 2. The van der Waals surface area contributed by atoms with Gasteiger partial charge >= 0.3 is 11.9 Å². The molecule has 0 aliphatic heterocycles. The Bertz CT molecular complexity index is 456. The van der Waals surface area contributed by atoms with Gasteiger partial charge in [-0.3, -0.25) is 14.6 Å². The van der Waals surface area contributed by atoms with Crippen molar-refractivity contribution in [2.24, 2.45) is 5.10 Å². The maximum atomic E-state index is 10.5. The van der Waals surface area contributed by atoms with Crippen LogP contribution in [0.1, 0.15) is 5.56 Å². The molecule has 0 bridgehead atoms. The summed E-state index contributed by atoms with van der Waals surface area (Å²) in [5, 5.41) is 31.2. The quantitative estimate of drug-likeness (QED) is 0.492. The molecule has 0 aliphatic carbocycles. The van der Waals surface area contributed by atoms with Crippen molar-refractivity contribution in [1.29, 1.82) is 0 Å². The van der Waals surface area contributed by atoms with Crippen LogP contribution in [0.2, 0.25) is 0 Å². The zero-order valence-electron chi connectivity index (χ0n) is 9.35. The van der Waals surface area contributed by atoms with Crippen molar-refractivity contribution in [3.63, 3.8) is 0 Å². The van der Waals surface area contributed by atoms with Crippen molar-refractivity contribution in [3.05, 3.63) is 29.8 Å². The fourth-order valence-electron chi connectivity index (χ4n) is 1.19. The van der Waals surface area contributed by atoms with E-state index in [-0.39, 0.29) is 5.75 Å². The van der Waals surface area contributed by atoms with Gasteiger partial charge in [0.1, 0.15) is 18.8 Å². The molecule has 0 spiro atoms. The van der Waals surface area contributed by atoms with Crippen LogP contribution in [0.4, 0.5) is 0 Å². The summed E-state index contributed by atoms with van der Waals surface area (Å²) in [6.07, 6.45) is 1.21. The van der Waals surface area contributed by atoms with Gasteiger partial charge in [-0.15, -0.1) is 0 Å². The Morgan fingerprint density at radius 2 is 1.72 bits per heavy atom. The molecule has 0 amide bonds. The van der Waals surface area contributed by atoms with E-state index >= 15 is 0 Å². The van der Waals surface area contributed by atoms with E-state index < -0.39 is 25.0 Å². The van der Waals surface area contributed by atoms with Crippen LogP contribution in [0, 0.1) is 0 Å². The number of hydrogen-bond acceptors (Lipinski definition) is 5. The smallest absolute Gasteiger partial charge is 0.324 e. The Morgan fingerprint density at radius 1 is 1.17 bits per heavy atom. The van der Waals surface area contributed by atoms with Crippen LogP contribution >= 0.6 is 0 Å². The lowest BCUT2D eigenvalue weighted by Crippen LogP contribution is -2.30. The standard InChI is InChI=1S/C11H12N2O5/c14-9-4-2-1-3-8(9)5-12-13(6-10(15)16)7-11(17)18/h1-5,14H,6-7H2,(H,15,16)(H,17,18)/b12-5-. The van der Waals surface area contributed by atoms with Crippen LogP contribution in [-0.2, 0) is 9.59 Å². The molecule has 0 unspecified atom stereocenters. The SMILES string of the molecule is O=C(O)CN(CC(=O)O)/N=C\c1ccccc1O. The number of carboxylic acids is 2. The number of aliphatic carboxylic acids is 2. The highest BCUT2D eigenvalue weighted by molar-refractivity contribution is 5.83. The van der Waals surface area contributed by atoms with Gasteiger partial charge in [-0.25, -0.2) is 0 Å². The Morgan fingerprint density at radius 3 is 2.22 bits per heavy atom. The number of benzene rings is 1. The van der Waals surface area contributed by atoms with E-state index in [4.69, 9.17) is 10.2 Å². The number of para-hydroxylation sites is 1. The van der Waals surface area contributed by atoms with Crippen LogP contribution in [-0.4, -0.2) is 51.6 Å². The summed E-state index contributed by atoms with van der Waals surface area (Å²) in [5.74, 6) is -2.40. The van der Waals surface area contributed by atoms with E-state index in [0.717, 1.165) is 5.01 Å². The molecule has 3 N–H and O–H groups in total. The van der Waals surface area contributed by atoms with Crippen LogP contribution in [0.3, 0.4) is 0 Å². The summed E-state index contributed by atoms with van der Waals surface area (Å²) in [6, 6.07) is 6.30. The zero-order chi connectivity index (χ0) is 13.5. The van der Waals surface area contributed by atoms with Crippen LogP contribution in [0.5, 0.6) is 5.75 Å². The molecule has 1 aromatic rings. The molecule has 0 heterocycles. The number of phenolic OH excluding ortho intramolecular Hbond substituents is 1. The maximum absolute atomic E-state index is 10.5. The lowest BCUT2D eigenvalue weighted by Gasteiger charge is -2.13. The largest absolute Gasteiger partial charge is 0.507 e. The third-order valence-corrected chi connectivity index (χ3v) is 1.93. The van der Waals surface area contributed by atoms with Gasteiger partial charge in [-0.1, -0.05) is 12.1 Å². The molecule has 7 heteroatoms. The molecular weight excluding hydrogens is 240 g/mol. The van der Waals surface area contributed by atoms with Crippen molar-refractivity contribution >= 4 is 18.2 Å². The molecule has 0 saturated carbocycles. The number of nitrogens with zero attached hydrogens (tertiary/aromatic N) is 2. The van der Waals surface area contributed by atoms with Crippen LogP contribution in [0.15, 0.2) is 29.4 Å². The van der Waals surface area contributed by atoms with Crippen molar-refractivity contribution in [3.8, 4) is 5.75 Å². The molecule has 1 aromatic carbocycles. The van der Waals surface area contributed by atoms with E-state index in [9.17, 15) is 14.7 Å². The Hall–Kier alpha value is -2.57. The minimum atomic E-state index is -1.19. The summed E-state index contributed by atoms with van der Waals surface area (Å²) in [7, 11) is 0. The first-order valence-electron chi connectivity index (χ1n) is 4.99. The first-order chi connectivity index (χ1) is 8.49. The highest BCUT2D eigenvalue weighted by atomic mass is 16.4. The minimum Gasteiger partial charge on any atom is -0.507 e. The lowest BCUT2D eigenvalue weighted by molar-refractivity contribution is -0.141. The van der Waals surface area contributed by atoms with Crippen LogP contribution in [0.25, 0.3) is 0 Å². The van der Waals surface area contributed by atoms with Crippen LogP contribution < -0.4 is 0 Å².